The van der Waals surface area contributed by atoms with Crippen molar-refractivity contribution in [2.24, 2.45) is 5.92 Å². The molecule has 0 spiro atoms. The number of hydrogen-bond donors (Lipinski definition) is 1. The molecule has 0 radical (unpaired) electrons. The number of piperidine rings is 1. The van der Waals surface area contributed by atoms with Crippen LogP contribution in [0.2, 0.25) is 0 Å². The second-order valence-electron chi connectivity index (χ2n) is 6.25. The lowest BCUT2D eigenvalue weighted by atomic mass is 10.0. The monoisotopic (exact) mass is 268 g/mol. The van der Waals surface area contributed by atoms with Crippen LogP contribution in [0, 0.1) is 5.92 Å². The summed E-state index contributed by atoms with van der Waals surface area (Å²) in [4.78, 5) is 2.66. The third kappa shape index (κ3) is 4.73. The number of ether oxygens (including phenoxy) is 1. The third-order valence-corrected chi connectivity index (χ3v) is 4.64. The summed E-state index contributed by atoms with van der Waals surface area (Å²) in [6.07, 6.45) is 8.41. The summed E-state index contributed by atoms with van der Waals surface area (Å²) in [6.45, 7) is 10.2. The molecular weight excluding hydrogens is 236 g/mol. The lowest BCUT2D eigenvalue weighted by Crippen LogP contribution is -2.45. The second-order valence-corrected chi connectivity index (χ2v) is 6.25. The number of rotatable bonds is 7. The average Bonchev–Trinajstić information content (AvgIpc) is 2.85. The molecule has 0 bridgehead atoms. The van der Waals surface area contributed by atoms with Crippen LogP contribution >= 0.6 is 0 Å². The fourth-order valence-electron chi connectivity index (χ4n) is 3.72. The van der Waals surface area contributed by atoms with Crippen molar-refractivity contribution in [2.45, 2.75) is 64.5 Å². The molecule has 112 valence electrons. The normalized spacial score (nSPS) is 32.8. The van der Waals surface area contributed by atoms with E-state index < -0.39 is 0 Å². The first kappa shape index (κ1) is 15.3. The van der Waals surface area contributed by atoms with Crippen LogP contribution in [0.3, 0.4) is 0 Å². The van der Waals surface area contributed by atoms with E-state index >= 15 is 0 Å². The van der Waals surface area contributed by atoms with Crippen molar-refractivity contribution in [3.05, 3.63) is 0 Å². The molecule has 3 unspecified atom stereocenters. The molecule has 1 saturated heterocycles. The second kappa shape index (κ2) is 8.23. The predicted octanol–water partition coefficient (Wildman–Crippen LogP) is 2.66. The Bertz CT molecular complexity index is 247. The summed E-state index contributed by atoms with van der Waals surface area (Å²) in [5, 5.41) is 3.67. The van der Waals surface area contributed by atoms with Gasteiger partial charge in [0.25, 0.3) is 0 Å². The minimum absolute atomic E-state index is 0.493. The molecule has 2 rings (SSSR count). The Kier molecular flexibility index (Phi) is 6.62. The Morgan fingerprint density at radius 3 is 2.84 bits per heavy atom. The van der Waals surface area contributed by atoms with Gasteiger partial charge in [-0.1, -0.05) is 20.3 Å². The van der Waals surface area contributed by atoms with Crippen LogP contribution in [0.4, 0.5) is 0 Å². The van der Waals surface area contributed by atoms with Crippen LogP contribution in [-0.2, 0) is 4.74 Å². The van der Waals surface area contributed by atoms with Gasteiger partial charge in [0.15, 0.2) is 0 Å². The van der Waals surface area contributed by atoms with Gasteiger partial charge in [-0.05, 0) is 51.1 Å². The molecule has 1 aliphatic heterocycles. The van der Waals surface area contributed by atoms with Crippen LogP contribution in [-0.4, -0.2) is 49.8 Å². The number of nitrogens with zero attached hydrogens (tertiary/aromatic N) is 1. The quantitative estimate of drug-likeness (QED) is 0.768. The summed E-state index contributed by atoms with van der Waals surface area (Å²) in [5.74, 6) is 0.866. The Labute approximate surface area is 119 Å². The maximum atomic E-state index is 5.94. The van der Waals surface area contributed by atoms with E-state index in [2.05, 4.69) is 24.1 Å². The molecule has 19 heavy (non-hydrogen) atoms. The van der Waals surface area contributed by atoms with Gasteiger partial charge in [0.1, 0.15) is 0 Å². The van der Waals surface area contributed by atoms with Crippen molar-refractivity contribution < 1.29 is 4.74 Å². The maximum absolute atomic E-state index is 5.94. The molecule has 2 fully saturated rings. The smallest absolute Gasteiger partial charge is 0.0702 e. The Balaban J connectivity index is 1.75. The topological polar surface area (TPSA) is 24.5 Å². The van der Waals surface area contributed by atoms with E-state index in [4.69, 9.17) is 4.74 Å². The molecule has 1 N–H and O–H groups in total. The van der Waals surface area contributed by atoms with Gasteiger partial charge < -0.3 is 15.0 Å². The molecular formula is C16H32N2O. The molecule has 1 heterocycles. The van der Waals surface area contributed by atoms with Crippen LogP contribution in [0.25, 0.3) is 0 Å². The van der Waals surface area contributed by atoms with Crippen molar-refractivity contribution in [1.82, 2.24) is 10.2 Å². The Morgan fingerprint density at radius 1 is 1.16 bits per heavy atom. The molecule has 0 aromatic carbocycles. The molecule has 3 nitrogen and oxygen atoms in total. The van der Waals surface area contributed by atoms with Gasteiger partial charge in [0.2, 0.25) is 0 Å². The molecule has 3 heteroatoms. The van der Waals surface area contributed by atoms with Gasteiger partial charge in [-0.3, -0.25) is 0 Å². The lowest BCUT2D eigenvalue weighted by molar-refractivity contribution is -0.00454. The lowest BCUT2D eigenvalue weighted by Gasteiger charge is -2.35. The number of nitrogens with one attached hydrogen (secondary N) is 1. The maximum Gasteiger partial charge on any atom is 0.0702 e. The van der Waals surface area contributed by atoms with Crippen molar-refractivity contribution in [3.63, 3.8) is 0 Å². The van der Waals surface area contributed by atoms with Gasteiger partial charge in [-0.2, -0.15) is 0 Å². The first-order chi connectivity index (χ1) is 9.33. The molecule has 1 aliphatic carbocycles. The first-order valence-corrected chi connectivity index (χ1v) is 8.40. The fraction of sp³-hybridized carbons (Fsp3) is 1.00. The Hall–Kier alpha value is -0.120. The highest BCUT2D eigenvalue weighted by molar-refractivity contribution is 4.86. The van der Waals surface area contributed by atoms with Crippen molar-refractivity contribution in [2.75, 3.05) is 32.8 Å². The van der Waals surface area contributed by atoms with E-state index in [0.29, 0.717) is 6.10 Å². The van der Waals surface area contributed by atoms with Crippen LogP contribution in [0.15, 0.2) is 0 Å². The zero-order chi connectivity index (χ0) is 13.5. The molecule has 0 amide bonds. The molecule has 3 atom stereocenters. The standard InChI is InChI=1S/C16H32N2O/c1-3-11-19-15-8-6-10-18(13-15)12-14-7-5-9-16(14)17-4-2/h14-17H,3-13H2,1-2H3. The fourth-order valence-corrected chi connectivity index (χ4v) is 3.72. The van der Waals surface area contributed by atoms with Crippen LogP contribution in [0.1, 0.15) is 52.4 Å². The van der Waals surface area contributed by atoms with E-state index in [1.165, 1.54) is 45.2 Å². The van der Waals surface area contributed by atoms with E-state index in [0.717, 1.165) is 38.1 Å². The van der Waals surface area contributed by atoms with Gasteiger partial charge >= 0.3 is 0 Å². The third-order valence-electron chi connectivity index (χ3n) is 4.64. The van der Waals surface area contributed by atoms with Crippen LogP contribution in [0.5, 0.6) is 0 Å². The summed E-state index contributed by atoms with van der Waals surface area (Å²) in [7, 11) is 0. The minimum atomic E-state index is 0.493. The number of hydrogen-bond acceptors (Lipinski definition) is 3. The zero-order valence-electron chi connectivity index (χ0n) is 12.9. The largest absolute Gasteiger partial charge is 0.377 e. The number of likely N-dealkylation sites (tertiary alicyclic amines) is 1. The van der Waals surface area contributed by atoms with E-state index in [1.807, 2.05) is 0 Å². The van der Waals surface area contributed by atoms with Crippen LogP contribution < -0.4 is 5.32 Å². The molecule has 0 aromatic heterocycles. The summed E-state index contributed by atoms with van der Waals surface area (Å²) in [6, 6.07) is 0.766. The average molecular weight is 268 g/mol. The Morgan fingerprint density at radius 2 is 2.05 bits per heavy atom. The first-order valence-electron chi connectivity index (χ1n) is 8.40. The van der Waals surface area contributed by atoms with E-state index in [9.17, 15) is 0 Å². The zero-order valence-corrected chi connectivity index (χ0v) is 12.9. The minimum Gasteiger partial charge on any atom is -0.377 e. The SMILES string of the molecule is CCCOC1CCCN(CC2CCCC2NCC)C1. The van der Waals surface area contributed by atoms with Crippen molar-refractivity contribution in [1.29, 1.82) is 0 Å². The predicted molar refractivity (Wildman–Crippen MR) is 80.5 cm³/mol. The van der Waals surface area contributed by atoms with Crippen molar-refractivity contribution >= 4 is 0 Å². The van der Waals surface area contributed by atoms with E-state index in [1.54, 1.807) is 0 Å². The van der Waals surface area contributed by atoms with Gasteiger partial charge in [0, 0.05) is 25.7 Å². The highest BCUT2D eigenvalue weighted by atomic mass is 16.5. The molecule has 0 aromatic rings. The van der Waals surface area contributed by atoms with Gasteiger partial charge in [-0.25, -0.2) is 0 Å². The van der Waals surface area contributed by atoms with Crippen molar-refractivity contribution in [3.8, 4) is 0 Å². The summed E-state index contributed by atoms with van der Waals surface area (Å²) < 4.78 is 5.94. The van der Waals surface area contributed by atoms with E-state index in [-0.39, 0.29) is 0 Å². The molecule has 1 saturated carbocycles. The summed E-state index contributed by atoms with van der Waals surface area (Å²) in [5.41, 5.74) is 0. The van der Waals surface area contributed by atoms with Gasteiger partial charge in [0.05, 0.1) is 6.10 Å². The highest BCUT2D eigenvalue weighted by Crippen LogP contribution is 2.27. The summed E-state index contributed by atoms with van der Waals surface area (Å²) >= 11 is 0. The van der Waals surface area contributed by atoms with Gasteiger partial charge in [-0.15, -0.1) is 0 Å². The highest BCUT2D eigenvalue weighted by Gasteiger charge is 2.30. The molecule has 2 aliphatic rings.